The molecule has 0 aromatic heterocycles. The quantitative estimate of drug-likeness (QED) is 0.605. The van der Waals surface area contributed by atoms with Gasteiger partial charge >= 0.3 is 0 Å². The molecule has 0 bridgehead atoms. The Hall–Kier alpha value is -2.48. The second-order valence-electron chi connectivity index (χ2n) is 3.77. The first kappa shape index (κ1) is 14.6. The predicted octanol–water partition coefficient (Wildman–Crippen LogP) is 2.04. The molecule has 0 saturated carbocycles. The van der Waals surface area contributed by atoms with E-state index in [4.69, 9.17) is 10.00 Å². The number of nitrogens with one attached hydrogen (secondary N) is 2. The fourth-order valence-electron chi connectivity index (χ4n) is 1.40. The van der Waals surface area contributed by atoms with Crippen LogP contribution in [0.4, 0.5) is 5.69 Å². The summed E-state index contributed by atoms with van der Waals surface area (Å²) in [6.45, 7) is 2.50. The normalized spacial score (nSPS) is 10.5. The number of ether oxygens (including phenoxy) is 1. The maximum absolute atomic E-state index is 11.6. The molecule has 100 valence electrons. The van der Waals surface area contributed by atoms with E-state index in [9.17, 15) is 4.79 Å². The van der Waals surface area contributed by atoms with Gasteiger partial charge in [0.05, 0.1) is 12.8 Å². The minimum Gasteiger partial charge on any atom is -0.495 e. The van der Waals surface area contributed by atoms with Crippen LogP contribution in [0.3, 0.4) is 0 Å². The van der Waals surface area contributed by atoms with E-state index in [1.165, 1.54) is 6.20 Å². The molecule has 0 fully saturated rings. The third-order valence-corrected chi connectivity index (χ3v) is 2.38. The van der Waals surface area contributed by atoms with E-state index in [1.54, 1.807) is 19.2 Å². The molecule has 0 atom stereocenters. The number of nitriles is 1. The summed E-state index contributed by atoms with van der Waals surface area (Å²) in [5.41, 5.74) is 0.723. The van der Waals surface area contributed by atoms with Gasteiger partial charge in [0.25, 0.3) is 5.91 Å². The molecule has 0 saturated heterocycles. The standard InChI is InChI=1S/C14H17N3O2/c1-3-8-16-14(18)11(9-15)10-17-12-6-4-5-7-13(12)19-2/h4-7,10,17H,3,8H2,1-2H3,(H,16,18)/b11-10-. The highest BCUT2D eigenvalue weighted by Gasteiger charge is 2.08. The van der Waals surface area contributed by atoms with E-state index in [-0.39, 0.29) is 11.5 Å². The second kappa shape index (κ2) is 7.77. The summed E-state index contributed by atoms with van der Waals surface area (Å²) < 4.78 is 5.16. The third kappa shape index (κ3) is 4.36. The first-order chi connectivity index (χ1) is 9.22. The van der Waals surface area contributed by atoms with E-state index < -0.39 is 0 Å². The summed E-state index contributed by atoms with van der Waals surface area (Å²) in [7, 11) is 1.56. The Morgan fingerprint density at radius 1 is 1.47 bits per heavy atom. The first-order valence-corrected chi connectivity index (χ1v) is 6.01. The molecule has 1 rings (SSSR count). The van der Waals surface area contributed by atoms with Crippen molar-refractivity contribution in [1.82, 2.24) is 5.32 Å². The van der Waals surface area contributed by atoms with E-state index in [0.717, 1.165) is 6.42 Å². The van der Waals surface area contributed by atoms with Gasteiger partial charge in [0.15, 0.2) is 0 Å². The molecule has 5 nitrogen and oxygen atoms in total. The number of benzene rings is 1. The Labute approximate surface area is 112 Å². The van der Waals surface area contributed by atoms with Crippen molar-refractivity contribution in [2.75, 3.05) is 19.0 Å². The van der Waals surface area contributed by atoms with E-state index in [1.807, 2.05) is 25.1 Å². The summed E-state index contributed by atoms with van der Waals surface area (Å²) in [6, 6.07) is 9.13. The van der Waals surface area contributed by atoms with E-state index in [2.05, 4.69) is 10.6 Å². The molecular weight excluding hydrogens is 242 g/mol. The van der Waals surface area contributed by atoms with Crippen LogP contribution in [0.25, 0.3) is 0 Å². The van der Waals surface area contributed by atoms with Crippen LogP contribution in [0.2, 0.25) is 0 Å². The zero-order chi connectivity index (χ0) is 14.1. The maximum Gasteiger partial charge on any atom is 0.263 e. The third-order valence-electron chi connectivity index (χ3n) is 2.38. The van der Waals surface area contributed by atoms with Gasteiger partial charge in [-0.05, 0) is 18.6 Å². The smallest absolute Gasteiger partial charge is 0.263 e. The van der Waals surface area contributed by atoms with Gasteiger partial charge in [0.2, 0.25) is 0 Å². The van der Waals surface area contributed by atoms with Crippen LogP contribution in [0, 0.1) is 11.3 Å². The molecule has 0 unspecified atom stereocenters. The lowest BCUT2D eigenvalue weighted by atomic mass is 10.2. The molecule has 1 aromatic carbocycles. The van der Waals surface area contributed by atoms with Crippen LogP contribution in [0.15, 0.2) is 36.0 Å². The number of carbonyl (C=O) groups is 1. The summed E-state index contributed by atoms with van der Waals surface area (Å²) in [4.78, 5) is 11.6. The summed E-state index contributed by atoms with van der Waals surface area (Å²) in [6.07, 6.45) is 2.20. The van der Waals surface area contributed by atoms with Gasteiger partial charge in [0, 0.05) is 12.7 Å². The Kier molecular flexibility index (Phi) is 5.96. The topological polar surface area (TPSA) is 74.2 Å². The van der Waals surface area contributed by atoms with Gasteiger partial charge in [-0.2, -0.15) is 5.26 Å². The maximum atomic E-state index is 11.6. The van der Waals surface area contributed by atoms with Gasteiger partial charge in [0.1, 0.15) is 17.4 Å². The highest BCUT2D eigenvalue weighted by molar-refractivity contribution is 5.97. The molecule has 0 aliphatic rings. The van der Waals surface area contributed by atoms with Crippen molar-refractivity contribution >= 4 is 11.6 Å². The minimum atomic E-state index is -0.383. The monoisotopic (exact) mass is 259 g/mol. The van der Waals surface area contributed by atoms with Crippen LogP contribution < -0.4 is 15.4 Å². The molecule has 0 heterocycles. The molecule has 0 spiro atoms. The number of nitrogens with zero attached hydrogens (tertiary/aromatic N) is 1. The molecule has 0 aliphatic carbocycles. The largest absolute Gasteiger partial charge is 0.495 e. The number of carbonyl (C=O) groups excluding carboxylic acids is 1. The molecule has 19 heavy (non-hydrogen) atoms. The fraction of sp³-hybridized carbons (Fsp3) is 0.286. The fourth-order valence-corrected chi connectivity index (χ4v) is 1.40. The lowest BCUT2D eigenvalue weighted by Gasteiger charge is -2.08. The average Bonchev–Trinajstić information content (AvgIpc) is 2.46. The van der Waals surface area contributed by atoms with Crippen LogP contribution in [0.5, 0.6) is 5.75 Å². The van der Waals surface area contributed by atoms with Gasteiger partial charge < -0.3 is 15.4 Å². The number of hydrogen-bond donors (Lipinski definition) is 2. The Morgan fingerprint density at radius 2 is 2.21 bits per heavy atom. The van der Waals surface area contributed by atoms with Crippen LogP contribution in [0.1, 0.15) is 13.3 Å². The number of para-hydroxylation sites is 2. The number of rotatable bonds is 6. The van der Waals surface area contributed by atoms with Crippen molar-refractivity contribution in [3.63, 3.8) is 0 Å². The van der Waals surface area contributed by atoms with Crippen molar-refractivity contribution in [3.05, 3.63) is 36.0 Å². The Morgan fingerprint density at radius 3 is 2.84 bits per heavy atom. The second-order valence-corrected chi connectivity index (χ2v) is 3.77. The Balaban J connectivity index is 2.77. The predicted molar refractivity (Wildman–Crippen MR) is 73.6 cm³/mol. The number of amides is 1. The molecule has 0 radical (unpaired) electrons. The van der Waals surface area contributed by atoms with Gasteiger partial charge in [-0.25, -0.2) is 0 Å². The lowest BCUT2D eigenvalue weighted by Crippen LogP contribution is -2.25. The molecular formula is C14H17N3O2. The van der Waals surface area contributed by atoms with Crippen molar-refractivity contribution < 1.29 is 9.53 Å². The highest BCUT2D eigenvalue weighted by atomic mass is 16.5. The molecule has 1 amide bonds. The van der Waals surface area contributed by atoms with Crippen LogP contribution in [-0.2, 0) is 4.79 Å². The Bertz CT molecular complexity index is 504. The van der Waals surface area contributed by atoms with Gasteiger partial charge in [-0.1, -0.05) is 19.1 Å². The molecule has 1 aromatic rings. The highest BCUT2D eigenvalue weighted by Crippen LogP contribution is 2.23. The van der Waals surface area contributed by atoms with Gasteiger partial charge in [-0.15, -0.1) is 0 Å². The number of hydrogen-bond acceptors (Lipinski definition) is 4. The van der Waals surface area contributed by atoms with Crippen molar-refractivity contribution in [2.24, 2.45) is 0 Å². The number of anilines is 1. The number of methoxy groups -OCH3 is 1. The zero-order valence-corrected chi connectivity index (χ0v) is 11.1. The van der Waals surface area contributed by atoms with Crippen LogP contribution in [-0.4, -0.2) is 19.6 Å². The van der Waals surface area contributed by atoms with Crippen molar-refractivity contribution in [1.29, 1.82) is 5.26 Å². The molecule has 5 heteroatoms. The summed E-state index contributed by atoms with van der Waals surface area (Å²) in [5.74, 6) is 0.261. The van der Waals surface area contributed by atoms with Gasteiger partial charge in [-0.3, -0.25) is 4.79 Å². The summed E-state index contributed by atoms with van der Waals surface area (Å²) >= 11 is 0. The first-order valence-electron chi connectivity index (χ1n) is 6.01. The zero-order valence-electron chi connectivity index (χ0n) is 11.1. The lowest BCUT2D eigenvalue weighted by molar-refractivity contribution is -0.117. The van der Waals surface area contributed by atoms with Crippen molar-refractivity contribution in [3.8, 4) is 11.8 Å². The average molecular weight is 259 g/mol. The summed E-state index contributed by atoms with van der Waals surface area (Å²) in [5, 5.41) is 14.5. The van der Waals surface area contributed by atoms with E-state index in [0.29, 0.717) is 18.0 Å². The van der Waals surface area contributed by atoms with E-state index >= 15 is 0 Å². The van der Waals surface area contributed by atoms with Crippen LogP contribution >= 0.6 is 0 Å². The molecule has 0 aliphatic heterocycles. The van der Waals surface area contributed by atoms with Crippen molar-refractivity contribution in [2.45, 2.75) is 13.3 Å². The molecule has 2 N–H and O–H groups in total. The minimum absolute atomic E-state index is 0.0272. The SMILES string of the molecule is CCCNC(=O)/C(C#N)=C\Nc1ccccc1OC.